The lowest BCUT2D eigenvalue weighted by atomic mass is 9.95. The fraction of sp³-hybridized carbons (Fsp3) is 0.714. The maximum Gasteiger partial charge on any atom is 0.325 e. The first-order valence-corrected chi connectivity index (χ1v) is 4.01. The summed E-state index contributed by atoms with van der Waals surface area (Å²) in [6.45, 7) is 0. The Kier molecular flexibility index (Phi) is 2.28. The number of carbonyl (C=O) groups is 2. The zero-order valence-corrected chi connectivity index (χ0v) is 7.04. The van der Waals surface area contributed by atoms with Crippen LogP contribution < -0.4 is 0 Å². The SMILES string of the molecule is O=C(O)C1CCCC1(Cl)C(=O)O. The summed E-state index contributed by atoms with van der Waals surface area (Å²) < 4.78 is 0. The lowest BCUT2D eigenvalue weighted by molar-refractivity contribution is -0.150. The molecule has 1 rings (SSSR count). The van der Waals surface area contributed by atoms with Crippen LogP contribution in [0.5, 0.6) is 0 Å². The van der Waals surface area contributed by atoms with Gasteiger partial charge in [0, 0.05) is 0 Å². The molecule has 5 heteroatoms. The zero-order chi connectivity index (χ0) is 9.35. The molecule has 0 spiro atoms. The Balaban J connectivity index is 2.89. The summed E-state index contributed by atoms with van der Waals surface area (Å²) in [6.07, 6.45) is 1.15. The summed E-state index contributed by atoms with van der Waals surface area (Å²) in [5, 5.41) is 17.3. The molecule has 1 fully saturated rings. The first-order valence-electron chi connectivity index (χ1n) is 3.63. The van der Waals surface area contributed by atoms with Crippen molar-refractivity contribution in [1.82, 2.24) is 0 Å². The fourth-order valence-corrected chi connectivity index (χ4v) is 1.88. The van der Waals surface area contributed by atoms with Gasteiger partial charge in [-0.15, -0.1) is 11.6 Å². The number of carboxylic acids is 2. The van der Waals surface area contributed by atoms with E-state index in [2.05, 4.69) is 0 Å². The van der Waals surface area contributed by atoms with E-state index in [1.54, 1.807) is 0 Å². The van der Waals surface area contributed by atoms with Crippen LogP contribution in [0.1, 0.15) is 19.3 Å². The van der Waals surface area contributed by atoms with Gasteiger partial charge < -0.3 is 10.2 Å². The number of aliphatic carboxylic acids is 2. The Morgan fingerprint density at radius 3 is 2.33 bits per heavy atom. The van der Waals surface area contributed by atoms with Crippen molar-refractivity contribution in [1.29, 1.82) is 0 Å². The maximum atomic E-state index is 10.6. The molecule has 2 atom stereocenters. The van der Waals surface area contributed by atoms with Crippen LogP contribution in [-0.4, -0.2) is 27.0 Å². The molecule has 68 valence electrons. The van der Waals surface area contributed by atoms with Crippen molar-refractivity contribution in [2.45, 2.75) is 24.1 Å². The summed E-state index contributed by atoms with van der Waals surface area (Å²) in [7, 11) is 0. The van der Waals surface area contributed by atoms with Gasteiger partial charge in [-0.1, -0.05) is 6.42 Å². The van der Waals surface area contributed by atoms with Crippen LogP contribution in [0.2, 0.25) is 0 Å². The van der Waals surface area contributed by atoms with Crippen molar-refractivity contribution in [2.75, 3.05) is 0 Å². The van der Waals surface area contributed by atoms with Gasteiger partial charge in [-0.25, -0.2) is 0 Å². The smallest absolute Gasteiger partial charge is 0.325 e. The van der Waals surface area contributed by atoms with Crippen LogP contribution >= 0.6 is 11.6 Å². The van der Waals surface area contributed by atoms with Crippen molar-refractivity contribution < 1.29 is 19.8 Å². The first kappa shape index (κ1) is 9.32. The second kappa shape index (κ2) is 2.94. The highest BCUT2D eigenvalue weighted by atomic mass is 35.5. The quantitative estimate of drug-likeness (QED) is 0.639. The largest absolute Gasteiger partial charge is 0.481 e. The molecular weight excluding hydrogens is 184 g/mol. The lowest BCUT2D eigenvalue weighted by Crippen LogP contribution is -2.40. The summed E-state index contributed by atoms with van der Waals surface area (Å²) in [5.74, 6) is -3.30. The average molecular weight is 193 g/mol. The summed E-state index contributed by atoms with van der Waals surface area (Å²) in [5.41, 5.74) is 0. The Bertz CT molecular complexity index is 227. The van der Waals surface area contributed by atoms with Crippen LogP contribution in [0, 0.1) is 5.92 Å². The highest BCUT2D eigenvalue weighted by Gasteiger charge is 2.51. The molecule has 0 aliphatic heterocycles. The highest BCUT2D eigenvalue weighted by molar-refractivity contribution is 6.35. The molecule has 2 N–H and O–H groups in total. The average Bonchev–Trinajstić information content (AvgIpc) is 2.32. The molecular formula is C7H9ClO4. The van der Waals surface area contributed by atoms with Gasteiger partial charge in [-0.3, -0.25) is 9.59 Å². The molecule has 0 aromatic heterocycles. The van der Waals surface area contributed by atoms with E-state index in [0.717, 1.165) is 0 Å². The predicted octanol–water partition coefficient (Wildman–Crippen LogP) is 0.933. The van der Waals surface area contributed by atoms with Gasteiger partial charge >= 0.3 is 11.9 Å². The van der Waals surface area contributed by atoms with E-state index in [1.165, 1.54) is 0 Å². The van der Waals surface area contributed by atoms with Gasteiger partial charge in [0.25, 0.3) is 0 Å². The number of hydrogen-bond donors (Lipinski definition) is 2. The third-order valence-corrected chi connectivity index (χ3v) is 2.85. The molecule has 0 saturated heterocycles. The van der Waals surface area contributed by atoms with Crippen molar-refractivity contribution in [3.63, 3.8) is 0 Å². The van der Waals surface area contributed by atoms with E-state index in [4.69, 9.17) is 21.8 Å². The normalized spacial score (nSPS) is 34.9. The van der Waals surface area contributed by atoms with E-state index >= 15 is 0 Å². The molecule has 0 aromatic carbocycles. The lowest BCUT2D eigenvalue weighted by Gasteiger charge is -2.20. The minimum absolute atomic E-state index is 0.237. The van der Waals surface area contributed by atoms with Crippen molar-refractivity contribution >= 4 is 23.5 Å². The Morgan fingerprint density at radius 2 is 2.00 bits per heavy atom. The van der Waals surface area contributed by atoms with E-state index in [9.17, 15) is 9.59 Å². The number of rotatable bonds is 2. The van der Waals surface area contributed by atoms with E-state index < -0.39 is 22.7 Å². The molecule has 0 aromatic rings. The van der Waals surface area contributed by atoms with Crippen LogP contribution in [-0.2, 0) is 9.59 Å². The molecule has 12 heavy (non-hydrogen) atoms. The third-order valence-electron chi connectivity index (χ3n) is 2.24. The van der Waals surface area contributed by atoms with Gasteiger partial charge in [0.2, 0.25) is 0 Å². The Hall–Kier alpha value is -0.770. The van der Waals surface area contributed by atoms with Crippen LogP contribution in [0.25, 0.3) is 0 Å². The molecule has 0 radical (unpaired) electrons. The fourth-order valence-electron chi connectivity index (χ4n) is 1.54. The number of alkyl halides is 1. The van der Waals surface area contributed by atoms with Crippen molar-refractivity contribution in [3.05, 3.63) is 0 Å². The molecule has 1 aliphatic rings. The topological polar surface area (TPSA) is 74.6 Å². The van der Waals surface area contributed by atoms with Gasteiger partial charge in [-0.2, -0.15) is 0 Å². The van der Waals surface area contributed by atoms with Gasteiger partial charge in [0.05, 0.1) is 5.92 Å². The second-order valence-electron chi connectivity index (χ2n) is 2.95. The van der Waals surface area contributed by atoms with Gasteiger partial charge in [0.1, 0.15) is 0 Å². The monoisotopic (exact) mass is 192 g/mol. The first-order chi connectivity index (χ1) is 5.48. The minimum Gasteiger partial charge on any atom is -0.481 e. The van der Waals surface area contributed by atoms with E-state index in [-0.39, 0.29) is 6.42 Å². The Labute approximate surface area is 74.1 Å². The summed E-state index contributed by atoms with van der Waals surface area (Å²) in [6, 6.07) is 0. The van der Waals surface area contributed by atoms with Crippen LogP contribution in [0.3, 0.4) is 0 Å². The second-order valence-corrected chi connectivity index (χ2v) is 3.63. The van der Waals surface area contributed by atoms with E-state index in [1.807, 2.05) is 0 Å². The number of halogens is 1. The number of hydrogen-bond acceptors (Lipinski definition) is 2. The molecule has 1 saturated carbocycles. The highest BCUT2D eigenvalue weighted by Crippen LogP contribution is 2.41. The van der Waals surface area contributed by atoms with Gasteiger partial charge in [0.15, 0.2) is 4.87 Å². The van der Waals surface area contributed by atoms with Crippen LogP contribution in [0.4, 0.5) is 0 Å². The van der Waals surface area contributed by atoms with E-state index in [0.29, 0.717) is 12.8 Å². The molecule has 1 aliphatic carbocycles. The zero-order valence-electron chi connectivity index (χ0n) is 6.29. The molecule has 2 unspecified atom stereocenters. The minimum atomic E-state index is -1.58. The van der Waals surface area contributed by atoms with Crippen LogP contribution in [0.15, 0.2) is 0 Å². The Morgan fingerprint density at radius 1 is 1.42 bits per heavy atom. The summed E-state index contributed by atoms with van der Waals surface area (Å²) in [4.78, 5) is 19.6. The third kappa shape index (κ3) is 1.27. The standard InChI is InChI=1S/C7H9ClO4/c8-7(6(11)12)3-1-2-4(7)5(9)10/h4H,1-3H2,(H,9,10)(H,11,12). The maximum absolute atomic E-state index is 10.6. The van der Waals surface area contributed by atoms with Crippen molar-refractivity contribution in [3.8, 4) is 0 Å². The molecule has 0 bridgehead atoms. The molecule has 0 amide bonds. The van der Waals surface area contributed by atoms with Gasteiger partial charge in [-0.05, 0) is 12.8 Å². The molecule has 4 nitrogen and oxygen atoms in total. The van der Waals surface area contributed by atoms with Crippen molar-refractivity contribution in [2.24, 2.45) is 5.92 Å². The summed E-state index contributed by atoms with van der Waals surface area (Å²) >= 11 is 5.69. The number of carboxylic acid groups (broad SMARTS) is 2. The molecule has 0 heterocycles. The predicted molar refractivity (Wildman–Crippen MR) is 41.2 cm³/mol.